The fourth-order valence-electron chi connectivity index (χ4n) is 3.01. The van der Waals surface area contributed by atoms with E-state index in [2.05, 4.69) is 43.7 Å². The summed E-state index contributed by atoms with van der Waals surface area (Å²) in [6.07, 6.45) is 7.64. The van der Waals surface area contributed by atoms with Crippen molar-refractivity contribution < 1.29 is 4.58 Å². The summed E-state index contributed by atoms with van der Waals surface area (Å²) in [5, 5.41) is 3.61. The second-order valence-corrected chi connectivity index (χ2v) is 5.85. The average molecular weight is 271 g/mol. The SMILES string of the molecule is C=C(NC1CCCCC1)c1ccc([N+](=C)C)c(CC)c1. The first-order valence-corrected chi connectivity index (χ1v) is 7.74. The maximum absolute atomic E-state index is 4.23. The summed E-state index contributed by atoms with van der Waals surface area (Å²) in [6.45, 7) is 10.4. The zero-order valence-corrected chi connectivity index (χ0v) is 12.9. The molecular weight excluding hydrogens is 244 g/mol. The first kappa shape index (κ1) is 14.8. The van der Waals surface area contributed by atoms with Crippen LogP contribution in [-0.4, -0.2) is 24.4 Å². The Hall–Kier alpha value is -1.57. The van der Waals surface area contributed by atoms with E-state index in [9.17, 15) is 0 Å². The number of nitrogens with one attached hydrogen (secondary N) is 1. The van der Waals surface area contributed by atoms with Gasteiger partial charge in [-0.15, -0.1) is 0 Å². The Bertz CT molecular complexity index is 496. The van der Waals surface area contributed by atoms with Crippen LogP contribution in [0, 0.1) is 0 Å². The van der Waals surface area contributed by atoms with Gasteiger partial charge in [0.25, 0.3) is 0 Å². The third kappa shape index (κ3) is 3.50. The molecule has 1 aliphatic rings. The lowest BCUT2D eigenvalue weighted by atomic mass is 9.95. The third-order valence-corrected chi connectivity index (χ3v) is 4.20. The largest absolute Gasteiger partial charge is 0.382 e. The first-order chi connectivity index (χ1) is 9.61. The molecule has 0 saturated heterocycles. The van der Waals surface area contributed by atoms with Gasteiger partial charge in [0.15, 0.2) is 0 Å². The summed E-state index contributed by atoms with van der Waals surface area (Å²) >= 11 is 0. The molecule has 0 amide bonds. The van der Waals surface area contributed by atoms with Crippen molar-refractivity contribution >= 4 is 18.1 Å². The first-order valence-electron chi connectivity index (χ1n) is 7.74. The van der Waals surface area contributed by atoms with Gasteiger partial charge in [0.2, 0.25) is 5.69 Å². The lowest BCUT2D eigenvalue weighted by molar-refractivity contribution is -0.395. The van der Waals surface area contributed by atoms with Gasteiger partial charge in [0, 0.05) is 23.4 Å². The fourth-order valence-corrected chi connectivity index (χ4v) is 3.01. The second kappa shape index (κ2) is 6.74. The van der Waals surface area contributed by atoms with Crippen molar-refractivity contribution in [3.05, 3.63) is 35.9 Å². The minimum Gasteiger partial charge on any atom is -0.382 e. The maximum Gasteiger partial charge on any atom is 0.207 e. The van der Waals surface area contributed by atoms with Gasteiger partial charge in [-0.2, -0.15) is 0 Å². The van der Waals surface area contributed by atoms with Gasteiger partial charge < -0.3 is 5.32 Å². The van der Waals surface area contributed by atoms with Crippen molar-refractivity contribution in [3.8, 4) is 0 Å². The highest BCUT2D eigenvalue weighted by atomic mass is 14.9. The predicted molar refractivity (Wildman–Crippen MR) is 87.8 cm³/mol. The van der Waals surface area contributed by atoms with Crippen LogP contribution >= 0.6 is 0 Å². The van der Waals surface area contributed by atoms with Crippen LogP contribution in [0.5, 0.6) is 0 Å². The molecule has 1 aromatic rings. The van der Waals surface area contributed by atoms with Crippen molar-refractivity contribution in [2.45, 2.75) is 51.5 Å². The van der Waals surface area contributed by atoms with Gasteiger partial charge in [-0.3, -0.25) is 0 Å². The quantitative estimate of drug-likeness (QED) is 0.629. The third-order valence-electron chi connectivity index (χ3n) is 4.20. The average Bonchev–Trinajstić information content (AvgIpc) is 2.47. The van der Waals surface area contributed by atoms with Crippen LogP contribution in [0.4, 0.5) is 5.69 Å². The molecule has 0 unspecified atom stereocenters. The van der Waals surface area contributed by atoms with Crippen LogP contribution in [0.1, 0.15) is 50.2 Å². The minimum atomic E-state index is 0.608. The lowest BCUT2D eigenvalue weighted by Gasteiger charge is -2.25. The Kier molecular flexibility index (Phi) is 4.99. The van der Waals surface area contributed by atoms with Crippen molar-refractivity contribution in [2.75, 3.05) is 7.05 Å². The molecular formula is C18H27N2+. The number of aryl methyl sites for hydroxylation is 1. The van der Waals surface area contributed by atoms with E-state index in [1.807, 2.05) is 11.6 Å². The smallest absolute Gasteiger partial charge is 0.207 e. The summed E-state index contributed by atoms with van der Waals surface area (Å²) in [6, 6.07) is 7.15. The van der Waals surface area contributed by atoms with E-state index in [0.29, 0.717) is 6.04 Å². The van der Waals surface area contributed by atoms with Gasteiger partial charge in [-0.1, -0.05) is 32.8 Å². The van der Waals surface area contributed by atoms with Crippen LogP contribution < -0.4 is 5.32 Å². The molecule has 0 atom stereocenters. The molecule has 2 nitrogen and oxygen atoms in total. The van der Waals surface area contributed by atoms with E-state index in [1.165, 1.54) is 48.9 Å². The minimum absolute atomic E-state index is 0.608. The number of hydrogen-bond acceptors (Lipinski definition) is 1. The van der Waals surface area contributed by atoms with E-state index in [1.54, 1.807) is 0 Å². The van der Waals surface area contributed by atoms with Crippen LogP contribution in [0.2, 0.25) is 0 Å². The molecule has 1 aliphatic carbocycles. The molecule has 0 heterocycles. The number of rotatable bonds is 5. The molecule has 0 aromatic heterocycles. The summed E-state index contributed by atoms with van der Waals surface area (Å²) in [4.78, 5) is 0. The second-order valence-electron chi connectivity index (χ2n) is 5.85. The molecule has 20 heavy (non-hydrogen) atoms. The summed E-state index contributed by atoms with van der Waals surface area (Å²) in [5.41, 5.74) is 4.79. The van der Waals surface area contributed by atoms with E-state index in [-0.39, 0.29) is 0 Å². The molecule has 108 valence electrons. The summed E-state index contributed by atoms with van der Waals surface area (Å²) < 4.78 is 1.93. The predicted octanol–water partition coefficient (Wildman–Crippen LogP) is 4.12. The van der Waals surface area contributed by atoms with Crippen LogP contribution in [0.3, 0.4) is 0 Å². The van der Waals surface area contributed by atoms with Crippen LogP contribution in [-0.2, 0) is 6.42 Å². The van der Waals surface area contributed by atoms with Crippen LogP contribution in [0.25, 0.3) is 5.70 Å². The van der Waals surface area contributed by atoms with Gasteiger partial charge >= 0.3 is 0 Å². The summed E-state index contributed by atoms with van der Waals surface area (Å²) in [5.74, 6) is 0. The van der Waals surface area contributed by atoms with Crippen molar-refractivity contribution in [3.63, 3.8) is 0 Å². The van der Waals surface area contributed by atoms with E-state index in [0.717, 1.165) is 12.1 Å². The number of hydrogen-bond donors (Lipinski definition) is 1. The summed E-state index contributed by atoms with van der Waals surface area (Å²) in [7, 11) is 1.99. The molecule has 2 rings (SSSR count). The number of nitrogens with zero attached hydrogens (tertiary/aromatic N) is 1. The van der Waals surface area contributed by atoms with Crippen molar-refractivity contribution in [1.82, 2.24) is 5.32 Å². The molecule has 1 fully saturated rings. The molecule has 1 saturated carbocycles. The topological polar surface area (TPSA) is 15.0 Å². The van der Waals surface area contributed by atoms with E-state index >= 15 is 0 Å². The highest BCUT2D eigenvalue weighted by Crippen LogP contribution is 2.24. The lowest BCUT2D eigenvalue weighted by Crippen LogP contribution is -2.29. The van der Waals surface area contributed by atoms with Gasteiger partial charge in [0.1, 0.15) is 13.8 Å². The zero-order chi connectivity index (χ0) is 14.5. The van der Waals surface area contributed by atoms with Crippen LogP contribution in [0.15, 0.2) is 24.8 Å². The monoisotopic (exact) mass is 271 g/mol. The molecule has 0 spiro atoms. The Morgan fingerprint density at radius 2 is 2.00 bits per heavy atom. The Balaban J connectivity index is 2.11. The number of benzene rings is 1. The van der Waals surface area contributed by atoms with E-state index < -0.39 is 0 Å². The fraction of sp³-hybridized carbons (Fsp3) is 0.500. The van der Waals surface area contributed by atoms with Gasteiger partial charge in [0.05, 0.1) is 0 Å². The molecule has 1 aromatic carbocycles. The molecule has 2 heteroatoms. The molecule has 0 aliphatic heterocycles. The highest BCUT2D eigenvalue weighted by Gasteiger charge is 2.15. The highest BCUT2D eigenvalue weighted by molar-refractivity contribution is 5.65. The van der Waals surface area contributed by atoms with E-state index in [4.69, 9.17) is 0 Å². The molecule has 1 N–H and O–H groups in total. The van der Waals surface area contributed by atoms with Gasteiger partial charge in [-0.25, -0.2) is 4.58 Å². The molecule has 0 bridgehead atoms. The maximum atomic E-state index is 4.23. The van der Waals surface area contributed by atoms with Crippen molar-refractivity contribution in [2.24, 2.45) is 0 Å². The Morgan fingerprint density at radius 1 is 1.30 bits per heavy atom. The van der Waals surface area contributed by atoms with Gasteiger partial charge in [-0.05, 0) is 37.0 Å². The Morgan fingerprint density at radius 3 is 2.60 bits per heavy atom. The zero-order valence-electron chi connectivity index (χ0n) is 12.9. The Labute approximate surface area is 123 Å². The van der Waals surface area contributed by atoms with Crippen molar-refractivity contribution in [1.29, 1.82) is 0 Å². The normalized spacial score (nSPS) is 15.9. The molecule has 0 radical (unpaired) electrons. The standard InChI is InChI=1S/C18H27N2/c1-5-15-13-16(11-12-18(15)20(3)4)14(2)19-17-9-7-6-8-10-17/h11-13,17,19H,2-3,5-10H2,1,4H3/q+1.